The third-order valence-electron chi connectivity index (χ3n) is 5.97. The van der Waals surface area contributed by atoms with Gasteiger partial charge in [-0.2, -0.15) is 0 Å². The van der Waals surface area contributed by atoms with E-state index < -0.39 is 0 Å². The van der Waals surface area contributed by atoms with Crippen LogP contribution in [0.1, 0.15) is 47.5 Å². The molecule has 0 radical (unpaired) electrons. The average Bonchev–Trinajstić information content (AvgIpc) is 3.48. The molecule has 30 heavy (non-hydrogen) atoms. The summed E-state index contributed by atoms with van der Waals surface area (Å²) in [6.45, 7) is 0. The van der Waals surface area contributed by atoms with E-state index in [1.807, 2.05) is 65.5 Å². The summed E-state index contributed by atoms with van der Waals surface area (Å²) < 4.78 is 7.08. The Balaban J connectivity index is 1.63. The Morgan fingerprint density at radius 3 is 2.63 bits per heavy atom. The average molecular weight is 397 g/mol. The van der Waals surface area contributed by atoms with Crippen molar-refractivity contribution >= 4 is 17.1 Å². The van der Waals surface area contributed by atoms with Gasteiger partial charge in [-0.05, 0) is 48.6 Å². The van der Waals surface area contributed by atoms with Crippen LogP contribution >= 0.6 is 0 Å². The molecule has 0 unspecified atom stereocenters. The first-order chi connectivity index (χ1) is 14.7. The van der Waals surface area contributed by atoms with E-state index >= 15 is 0 Å². The van der Waals surface area contributed by atoms with E-state index in [0.29, 0.717) is 11.5 Å². The van der Waals surface area contributed by atoms with Crippen LogP contribution in [-0.2, 0) is 4.74 Å². The summed E-state index contributed by atoms with van der Waals surface area (Å²) in [5, 5.41) is 0. The minimum Gasteiger partial charge on any atom is -0.465 e. The Hall–Kier alpha value is -3.47. The number of hydrogen-bond donors (Lipinski definition) is 0. The van der Waals surface area contributed by atoms with Gasteiger partial charge in [-0.1, -0.05) is 43.2 Å². The predicted octanol–water partition coefficient (Wildman–Crippen LogP) is 5.53. The number of esters is 1. The Kier molecular flexibility index (Phi) is 4.79. The molecule has 5 heteroatoms. The maximum atomic E-state index is 12.4. The Labute approximate surface area is 175 Å². The summed E-state index contributed by atoms with van der Waals surface area (Å²) in [4.78, 5) is 21.8. The van der Waals surface area contributed by atoms with Crippen molar-refractivity contribution in [1.82, 2.24) is 14.5 Å². The quantitative estimate of drug-likeness (QED) is 0.425. The summed E-state index contributed by atoms with van der Waals surface area (Å²) in [6, 6.07) is 18.0. The Morgan fingerprint density at radius 1 is 1.07 bits per heavy atom. The van der Waals surface area contributed by atoms with Gasteiger partial charge in [-0.15, -0.1) is 0 Å². The van der Waals surface area contributed by atoms with E-state index in [1.54, 1.807) is 0 Å². The number of aromatic nitrogens is 3. The number of carbonyl (C=O) groups excluding carboxylic acids is 1. The molecule has 1 saturated carbocycles. The second-order valence-electron chi connectivity index (χ2n) is 7.76. The second kappa shape index (κ2) is 7.75. The minimum absolute atomic E-state index is 0.271. The summed E-state index contributed by atoms with van der Waals surface area (Å²) in [5.74, 6) is 0.124. The lowest BCUT2D eigenvalue weighted by atomic mass is 9.92. The van der Waals surface area contributed by atoms with E-state index in [0.717, 1.165) is 46.5 Å². The number of ether oxygens (including phenoxy) is 1. The SMILES string of the molecule is COC(=O)c1ccc(-n2ccc3ncc(-c4ccccc4)nc32)cc1C1CCCC1. The van der Waals surface area contributed by atoms with Crippen molar-refractivity contribution < 1.29 is 9.53 Å². The monoisotopic (exact) mass is 397 g/mol. The molecule has 2 aromatic carbocycles. The molecule has 0 N–H and O–H groups in total. The fraction of sp³-hybridized carbons (Fsp3) is 0.240. The van der Waals surface area contributed by atoms with Gasteiger partial charge in [0.15, 0.2) is 5.65 Å². The molecule has 0 aliphatic heterocycles. The molecule has 5 nitrogen and oxygen atoms in total. The van der Waals surface area contributed by atoms with Crippen molar-refractivity contribution in [2.24, 2.45) is 0 Å². The highest BCUT2D eigenvalue weighted by molar-refractivity contribution is 5.91. The van der Waals surface area contributed by atoms with Crippen LogP contribution in [0.5, 0.6) is 0 Å². The summed E-state index contributed by atoms with van der Waals surface area (Å²) in [7, 11) is 1.44. The summed E-state index contributed by atoms with van der Waals surface area (Å²) >= 11 is 0. The molecule has 0 spiro atoms. The van der Waals surface area contributed by atoms with Gasteiger partial charge in [0.25, 0.3) is 0 Å². The molecule has 150 valence electrons. The highest BCUT2D eigenvalue weighted by Gasteiger charge is 2.24. The first-order valence-electron chi connectivity index (χ1n) is 10.4. The third-order valence-corrected chi connectivity index (χ3v) is 5.97. The fourth-order valence-electron chi connectivity index (χ4n) is 4.43. The molecule has 0 amide bonds. The zero-order valence-corrected chi connectivity index (χ0v) is 16.9. The van der Waals surface area contributed by atoms with E-state index in [2.05, 4.69) is 11.1 Å². The van der Waals surface area contributed by atoms with Gasteiger partial charge in [-0.3, -0.25) is 9.55 Å². The Bertz CT molecular complexity index is 1210. The molecule has 0 saturated heterocycles. The van der Waals surface area contributed by atoms with E-state index in [1.165, 1.54) is 20.0 Å². The zero-order chi connectivity index (χ0) is 20.5. The number of nitrogens with zero attached hydrogens (tertiary/aromatic N) is 3. The highest BCUT2D eigenvalue weighted by atomic mass is 16.5. The maximum Gasteiger partial charge on any atom is 0.338 e. The van der Waals surface area contributed by atoms with Gasteiger partial charge in [0.2, 0.25) is 0 Å². The lowest BCUT2D eigenvalue weighted by Crippen LogP contribution is -2.09. The van der Waals surface area contributed by atoms with Crippen molar-refractivity contribution in [1.29, 1.82) is 0 Å². The van der Waals surface area contributed by atoms with Crippen LogP contribution in [-0.4, -0.2) is 27.6 Å². The molecule has 1 aliphatic carbocycles. The van der Waals surface area contributed by atoms with E-state index in [4.69, 9.17) is 9.72 Å². The molecular weight excluding hydrogens is 374 g/mol. The standard InChI is InChI=1S/C25H23N3O2/c1-30-25(29)20-12-11-19(15-21(20)17-7-5-6-8-17)28-14-13-22-24(28)27-23(16-26-22)18-9-3-2-4-10-18/h2-4,9-17H,5-8H2,1H3. The molecule has 1 aliphatic rings. The molecule has 4 aromatic rings. The molecule has 2 heterocycles. The number of benzene rings is 2. The molecule has 5 rings (SSSR count). The number of rotatable bonds is 4. The zero-order valence-electron chi connectivity index (χ0n) is 16.9. The first-order valence-corrected chi connectivity index (χ1v) is 10.4. The minimum atomic E-state index is -0.271. The Morgan fingerprint density at radius 2 is 1.87 bits per heavy atom. The van der Waals surface area contributed by atoms with E-state index in [9.17, 15) is 4.79 Å². The third kappa shape index (κ3) is 3.26. The maximum absolute atomic E-state index is 12.4. The number of hydrogen-bond acceptors (Lipinski definition) is 4. The fourth-order valence-corrected chi connectivity index (χ4v) is 4.43. The van der Waals surface area contributed by atoms with Gasteiger partial charge in [0.1, 0.15) is 5.52 Å². The van der Waals surface area contributed by atoms with Crippen LogP contribution in [0, 0.1) is 0 Å². The van der Waals surface area contributed by atoms with Crippen molar-refractivity contribution in [2.75, 3.05) is 7.11 Å². The molecule has 2 aromatic heterocycles. The molecular formula is C25H23N3O2. The van der Waals surface area contributed by atoms with E-state index in [-0.39, 0.29) is 5.97 Å². The molecule has 0 bridgehead atoms. The van der Waals surface area contributed by atoms with Crippen LogP contribution in [0.2, 0.25) is 0 Å². The first kappa shape index (κ1) is 18.6. The number of carbonyl (C=O) groups is 1. The predicted molar refractivity (Wildman–Crippen MR) is 117 cm³/mol. The van der Waals surface area contributed by atoms with Crippen molar-refractivity contribution in [3.8, 4) is 16.9 Å². The number of fused-ring (bicyclic) bond motifs is 1. The summed E-state index contributed by atoms with van der Waals surface area (Å²) in [5.41, 5.74) is 6.25. The topological polar surface area (TPSA) is 57.0 Å². The van der Waals surface area contributed by atoms with Gasteiger partial charge < -0.3 is 4.74 Å². The van der Waals surface area contributed by atoms with Crippen LogP contribution < -0.4 is 0 Å². The van der Waals surface area contributed by atoms with Crippen LogP contribution in [0.4, 0.5) is 0 Å². The van der Waals surface area contributed by atoms with Crippen molar-refractivity contribution in [2.45, 2.75) is 31.6 Å². The highest BCUT2D eigenvalue weighted by Crippen LogP contribution is 2.37. The second-order valence-corrected chi connectivity index (χ2v) is 7.76. The van der Waals surface area contributed by atoms with Gasteiger partial charge in [0.05, 0.1) is 24.6 Å². The van der Waals surface area contributed by atoms with Crippen LogP contribution in [0.15, 0.2) is 67.0 Å². The van der Waals surface area contributed by atoms with Gasteiger partial charge in [-0.25, -0.2) is 9.78 Å². The van der Waals surface area contributed by atoms with Crippen molar-refractivity contribution in [3.05, 3.63) is 78.1 Å². The lowest BCUT2D eigenvalue weighted by Gasteiger charge is -2.16. The van der Waals surface area contributed by atoms with Crippen LogP contribution in [0.25, 0.3) is 28.1 Å². The normalized spacial score (nSPS) is 14.3. The molecule has 1 fully saturated rings. The van der Waals surface area contributed by atoms with Crippen LogP contribution in [0.3, 0.4) is 0 Å². The van der Waals surface area contributed by atoms with Crippen molar-refractivity contribution in [3.63, 3.8) is 0 Å². The number of methoxy groups -OCH3 is 1. The summed E-state index contributed by atoms with van der Waals surface area (Å²) in [6.07, 6.45) is 8.43. The van der Waals surface area contributed by atoms with Gasteiger partial charge in [0, 0.05) is 17.4 Å². The largest absolute Gasteiger partial charge is 0.465 e. The van der Waals surface area contributed by atoms with Gasteiger partial charge >= 0.3 is 5.97 Å². The lowest BCUT2D eigenvalue weighted by molar-refractivity contribution is 0.0599. The smallest absolute Gasteiger partial charge is 0.338 e. The molecule has 0 atom stereocenters.